The molecule has 1 atom stereocenters. The number of benzene rings is 1. The lowest BCUT2D eigenvalue weighted by atomic mass is 10.1. The molecule has 0 fully saturated rings. The summed E-state index contributed by atoms with van der Waals surface area (Å²) in [4.78, 5) is 3.98. The van der Waals surface area contributed by atoms with Gasteiger partial charge in [-0.15, -0.1) is 0 Å². The number of rotatable bonds is 6. The van der Waals surface area contributed by atoms with Crippen molar-refractivity contribution >= 4 is 0 Å². The number of nitrogens with zero attached hydrogens (tertiary/aromatic N) is 3. The third kappa shape index (κ3) is 3.75. The van der Waals surface area contributed by atoms with Gasteiger partial charge >= 0.3 is 0 Å². The molecule has 21 heavy (non-hydrogen) atoms. The van der Waals surface area contributed by atoms with Crippen molar-refractivity contribution in [2.75, 3.05) is 0 Å². The zero-order chi connectivity index (χ0) is 15.4. The summed E-state index contributed by atoms with van der Waals surface area (Å²) < 4.78 is 34.7. The molecule has 1 aromatic carbocycles. The van der Waals surface area contributed by atoms with Crippen LogP contribution < -0.4 is 10.5 Å². The highest BCUT2D eigenvalue weighted by Crippen LogP contribution is 2.24. The second-order valence-corrected chi connectivity index (χ2v) is 4.85. The van der Waals surface area contributed by atoms with Crippen molar-refractivity contribution in [3.63, 3.8) is 0 Å². The molecule has 1 unspecified atom stereocenters. The van der Waals surface area contributed by atoms with Gasteiger partial charge in [-0.05, 0) is 38.0 Å². The van der Waals surface area contributed by atoms with Gasteiger partial charge in [0.25, 0.3) is 0 Å². The molecule has 0 aliphatic carbocycles. The largest absolute Gasteiger partial charge is 0.479 e. The van der Waals surface area contributed by atoms with E-state index in [2.05, 4.69) is 10.1 Å². The molecule has 1 aromatic heterocycles. The first-order valence-corrected chi connectivity index (χ1v) is 6.74. The van der Waals surface area contributed by atoms with E-state index in [4.69, 9.17) is 10.5 Å². The summed E-state index contributed by atoms with van der Waals surface area (Å²) >= 11 is 0. The van der Waals surface area contributed by atoms with Crippen molar-refractivity contribution in [2.45, 2.75) is 39.5 Å². The highest BCUT2D eigenvalue weighted by molar-refractivity contribution is 5.31. The van der Waals surface area contributed by atoms with E-state index in [0.717, 1.165) is 0 Å². The van der Waals surface area contributed by atoms with Crippen molar-refractivity contribution < 1.29 is 13.5 Å². The molecule has 2 rings (SSSR count). The molecule has 0 spiro atoms. The Hall–Kier alpha value is -2.02. The molecule has 114 valence electrons. The predicted octanol–water partition coefficient (Wildman–Crippen LogP) is 2.04. The molecule has 0 aliphatic rings. The van der Waals surface area contributed by atoms with E-state index in [1.165, 1.54) is 18.5 Å². The Morgan fingerprint density at radius 2 is 2.00 bits per heavy atom. The monoisotopic (exact) mass is 296 g/mol. The summed E-state index contributed by atoms with van der Waals surface area (Å²) in [7, 11) is 0. The van der Waals surface area contributed by atoms with Gasteiger partial charge in [-0.3, -0.25) is 0 Å². The first-order chi connectivity index (χ1) is 10.0. The number of aromatic nitrogens is 3. The number of nitrogens with two attached hydrogens (primary N) is 1. The fourth-order valence-corrected chi connectivity index (χ4v) is 2.04. The third-order valence-corrected chi connectivity index (χ3v) is 2.96. The zero-order valence-corrected chi connectivity index (χ0v) is 12.0. The topological polar surface area (TPSA) is 66.0 Å². The van der Waals surface area contributed by atoms with Gasteiger partial charge in [0.1, 0.15) is 12.9 Å². The van der Waals surface area contributed by atoms with Crippen molar-refractivity contribution in [3.8, 4) is 5.75 Å². The van der Waals surface area contributed by atoms with Crippen LogP contribution in [-0.2, 0) is 19.6 Å². The maximum atomic E-state index is 13.9. The van der Waals surface area contributed by atoms with E-state index < -0.39 is 17.4 Å². The van der Waals surface area contributed by atoms with Crippen LogP contribution in [0.5, 0.6) is 5.75 Å². The molecule has 0 amide bonds. The molecule has 0 radical (unpaired) electrons. The minimum absolute atomic E-state index is 0.0473. The lowest BCUT2D eigenvalue weighted by Crippen LogP contribution is -2.18. The predicted molar refractivity (Wildman–Crippen MR) is 73.7 cm³/mol. The van der Waals surface area contributed by atoms with Crippen LogP contribution in [0.3, 0.4) is 0 Å². The van der Waals surface area contributed by atoms with Gasteiger partial charge in [-0.1, -0.05) is 0 Å². The Balaban J connectivity index is 2.13. The molecule has 5 nitrogen and oxygen atoms in total. The summed E-state index contributed by atoms with van der Waals surface area (Å²) in [6.45, 7) is 4.23. The number of hydrogen-bond donors (Lipinski definition) is 1. The molecular weight excluding hydrogens is 278 g/mol. The molecule has 0 saturated carbocycles. The summed E-state index contributed by atoms with van der Waals surface area (Å²) in [5, 5.41) is 3.96. The Labute approximate surface area is 121 Å². The molecule has 2 N–H and O–H groups in total. The number of aryl methyl sites for hydroxylation is 1. The third-order valence-electron chi connectivity index (χ3n) is 2.96. The summed E-state index contributed by atoms with van der Waals surface area (Å²) in [5.41, 5.74) is 6.13. The highest BCUT2D eigenvalue weighted by atomic mass is 19.1. The standard InChI is InChI=1S/C14H18F2N4O/c1-3-20-13(18-8-19-20)7-21-14-11(15)5-10(4-9(2)17)6-12(14)16/h5-6,8-9H,3-4,7,17H2,1-2H3. The Morgan fingerprint density at radius 3 is 2.57 bits per heavy atom. The Kier molecular flexibility index (Phi) is 4.85. The maximum Gasteiger partial charge on any atom is 0.191 e. The fraction of sp³-hybridized carbons (Fsp3) is 0.429. The van der Waals surface area contributed by atoms with E-state index in [1.54, 1.807) is 11.6 Å². The Bertz CT molecular complexity index is 590. The minimum Gasteiger partial charge on any atom is -0.479 e. The van der Waals surface area contributed by atoms with Crippen LogP contribution in [0.15, 0.2) is 18.5 Å². The van der Waals surface area contributed by atoms with Crippen LogP contribution in [0.4, 0.5) is 8.78 Å². The first-order valence-electron chi connectivity index (χ1n) is 6.74. The minimum atomic E-state index is -0.742. The normalized spacial score (nSPS) is 12.4. The summed E-state index contributed by atoms with van der Waals surface area (Å²) in [6.07, 6.45) is 1.78. The smallest absolute Gasteiger partial charge is 0.191 e. The van der Waals surface area contributed by atoms with Crippen molar-refractivity contribution in [1.29, 1.82) is 0 Å². The maximum absolute atomic E-state index is 13.9. The van der Waals surface area contributed by atoms with Gasteiger partial charge in [0.2, 0.25) is 0 Å². The second-order valence-electron chi connectivity index (χ2n) is 4.85. The first kappa shape index (κ1) is 15.4. The van der Waals surface area contributed by atoms with Crippen molar-refractivity contribution in [3.05, 3.63) is 41.5 Å². The SMILES string of the molecule is CCn1ncnc1COc1c(F)cc(CC(C)N)cc1F. The van der Waals surface area contributed by atoms with Crippen LogP contribution in [0.1, 0.15) is 25.2 Å². The fourth-order valence-electron chi connectivity index (χ4n) is 2.04. The van der Waals surface area contributed by atoms with Gasteiger partial charge in [-0.25, -0.2) is 18.4 Å². The summed E-state index contributed by atoms with van der Waals surface area (Å²) in [6, 6.07) is 2.32. The average molecular weight is 296 g/mol. The van der Waals surface area contributed by atoms with Crippen LogP contribution in [0, 0.1) is 11.6 Å². The molecule has 0 aliphatic heterocycles. The van der Waals surface area contributed by atoms with E-state index in [1.807, 2.05) is 6.92 Å². The molecule has 1 heterocycles. The second kappa shape index (κ2) is 6.62. The number of ether oxygens (including phenoxy) is 1. The van der Waals surface area contributed by atoms with Crippen LogP contribution in [-0.4, -0.2) is 20.8 Å². The van der Waals surface area contributed by atoms with Gasteiger partial charge in [0, 0.05) is 12.6 Å². The van der Waals surface area contributed by atoms with Crippen molar-refractivity contribution in [2.24, 2.45) is 5.73 Å². The van der Waals surface area contributed by atoms with Gasteiger partial charge in [0.15, 0.2) is 23.2 Å². The van der Waals surface area contributed by atoms with Crippen LogP contribution >= 0.6 is 0 Å². The van der Waals surface area contributed by atoms with Crippen LogP contribution in [0.2, 0.25) is 0 Å². The molecule has 2 aromatic rings. The lowest BCUT2D eigenvalue weighted by Gasteiger charge is -2.11. The molecule has 0 bridgehead atoms. The van der Waals surface area contributed by atoms with E-state index in [0.29, 0.717) is 24.4 Å². The Morgan fingerprint density at radius 1 is 1.33 bits per heavy atom. The van der Waals surface area contributed by atoms with E-state index >= 15 is 0 Å². The van der Waals surface area contributed by atoms with Gasteiger partial charge in [-0.2, -0.15) is 5.10 Å². The zero-order valence-electron chi connectivity index (χ0n) is 12.0. The molecule has 0 saturated heterocycles. The van der Waals surface area contributed by atoms with Gasteiger partial charge in [0.05, 0.1) is 0 Å². The quantitative estimate of drug-likeness (QED) is 0.886. The van der Waals surface area contributed by atoms with Gasteiger partial charge < -0.3 is 10.5 Å². The van der Waals surface area contributed by atoms with Crippen molar-refractivity contribution in [1.82, 2.24) is 14.8 Å². The average Bonchev–Trinajstić information content (AvgIpc) is 2.84. The number of hydrogen-bond acceptors (Lipinski definition) is 4. The van der Waals surface area contributed by atoms with Crippen LogP contribution in [0.25, 0.3) is 0 Å². The summed E-state index contributed by atoms with van der Waals surface area (Å²) in [5.74, 6) is -1.38. The van der Waals surface area contributed by atoms with E-state index in [9.17, 15) is 8.78 Å². The highest BCUT2D eigenvalue weighted by Gasteiger charge is 2.15. The molecule has 7 heteroatoms. The molecular formula is C14H18F2N4O. The lowest BCUT2D eigenvalue weighted by molar-refractivity contribution is 0.259. The van der Waals surface area contributed by atoms with E-state index in [-0.39, 0.29) is 12.6 Å². The number of halogens is 2.